The Hall–Kier alpha value is -3.34. The van der Waals surface area contributed by atoms with Gasteiger partial charge < -0.3 is 14.8 Å². The molecule has 1 atom stereocenters. The van der Waals surface area contributed by atoms with Crippen LogP contribution in [-0.2, 0) is 37.1 Å². The monoisotopic (exact) mass is 565 g/mol. The van der Waals surface area contributed by atoms with Crippen molar-refractivity contribution in [2.45, 2.75) is 44.9 Å². The number of carbonyl (C=O) groups is 2. The molecule has 1 fully saturated rings. The largest absolute Gasteiger partial charge is 0.452 e. The van der Waals surface area contributed by atoms with Crippen LogP contribution in [0.2, 0.25) is 0 Å². The number of hydrogen-bond donors (Lipinski definition) is 1. The van der Waals surface area contributed by atoms with Gasteiger partial charge in [-0.05, 0) is 66.5 Å². The van der Waals surface area contributed by atoms with E-state index >= 15 is 0 Å². The maximum atomic E-state index is 13.4. The zero-order valence-corrected chi connectivity index (χ0v) is 23.9. The molecule has 0 radical (unpaired) electrons. The second-order valence-corrected chi connectivity index (χ2v) is 13.3. The third-order valence-corrected chi connectivity index (χ3v) is 9.68. The molecule has 1 unspecified atom stereocenters. The number of benzene rings is 2. The van der Waals surface area contributed by atoms with Gasteiger partial charge in [0.2, 0.25) is 10.0 Å². The van der Waals surface area contributed by atoms with Crippen molar-refractivity contribution < 1.29 is 27.5 Å². The summed E-state index contributed by atoms with van der Waals surface area (Å²) in [5, 5.41) is 3.40. The molecule has 5 rings (SSSR count). The fourth-order valence-corrected chi connectivity index (χ4v) is 6.82. The summed E-state index contributed by atoms with van der Waals surface area (Å²) < 4.78 is 37.8. The highest BCUT2D eigenvalue weighted by Gasteiger charge is 2.33. The highest BCUT2D eigenvalue weighted by molar-refractivity contribution is 7.89. The molecule has 1 amide bonds. The van der Waals surface area contributed by atoms with Crippen molar-refractivity contribution in [3.8, 4) is 0 Å². The number of hydrogen-bond acceptors (Lipinski definition) is 7. The van der Waals surface area contributed by atoms with Crippen LogP contribution in [0, 0.1) is 11.3 Å². The Morgan fingerprint density at radius 2 is 1.77 bits per heavy atom. The van der Waals surface area contributed by atoms with Crippen molar-refractivity contribution in [3.63, 3.8) is 0 Å². The number of ether oxygens (including phenoxy) is 2. The average Bonchev–Trinajstić information content (AvgIpc) is 2.94. The predicted molar refractivity (Wildman–Crippen MR) is 152 cm³/mol. The minimum absolute atomic E-state index is 0.0848. The Morgan fingerprint density at radius 1 is 1.07 bits per heavy atom. The average molecular weight is 566 g/mol. The second-order valence-electron chi connectivity index (χ2n) is 11.4. The van der Waals surface area contributed by atoms with E-state index in [-0.39, 0.29) is 10.3 Å². The summed E-state index contributed by atoms with van der Waals surface area (Å²) in [6, 6.07) is 13.5. The third kappa shape index (κ3) is 5.89. The number of morpholine rings is 1. The van der Waals surface area contributed by atoms with E-state index in [1.807, 2.05) is 24.3 Å². The smallest absolute Gasteiger partial charge is 0.339 e. The SMILES string of the molecule is CC(C)(C)C1CCc2nc3ccccc3c(C(=O)OCC(=O)Nc3ccc(S(=O)(=O)N4CCOCC4)cc3)c2C1. The number of aryl methyl sites for hydroxylation is 1. The molecule has 1 aliphatic carbocycles. The summed E-state index contributed by atoms with van der Waals surface area (Å²) in [5.74, 6) is -0.670. The van der Waals surface area contributed by atoms with Crippen molar-refractivity contribution in [2.75, 3.05) is 38.2 Å². The number of aromatic nitrogens is 1. The van der Waals surface area contributed by atoms with Gasteiger partial charge in [0.15, 0.2) is 6.61 Å². The van der Waals surface area contributed by atoms with Crippen molar-refractivity contribution in [3.05, 3.63) is 65.4 Å². The molecule has 40 heavy (non-hydrogen) atoms. The molecule has 2 aliphatic rings. The first-order valence-corrected chi connectivity index (χ1v) is 15.0. The Bertz CT molecular complexity index is 1520. The molecular weight excluding hydrogens is 530 g/mol. The van der Waals surface area contributed by atoms with Crippen LogP contribution in [0.15, 0.2) is 53.4 Å². The summed E-state index contributed by atoms with van der Waals surface area (Å²) in [6.45, 7) is 7.50. The van der Waals surface area contributed by atoms with Crippen LogP contribution in [0.1, 0.15) is 48.8 Å². The number of sulfonamides is 1. The van der Waals surface area contributed by atoms with Crippen LogP contribution in [-0.4, -0.2) is 62.5 Å². The number of rotatable bonds is 6. The number of para-hydroxylation sites is 1. The Balaban J connectivity index is 1.28. The molecular formula is C30H35N3O6S. The lowest BCUT2D eigenvalue weighted by molar-refractivity contribution is -0.119. The summed E-state index contributed by atoms with van der Waals surface area (Å²) in [5.41, 5.74) is 3.54. The topological polar surface area (TPSA) is 115 Å². The zero-order chi connectivity index (χ0) is 28.5. The molecule has 2 heterocycles. The quantitative estimate of drug-likeness (QED) is 0.446. The molecule has 0 saturated carbocycles. The Kier molecular flexibility index (Phi) is 7.94. The lowest BCUT2D eigenvalue weighted by atomic mass is 9.70. The molecule has 1 aliphatic heterocycles. The number of carbonyl (C=O) groups excluding carboxylic acids is 2. The third-order valence-electron chi connectivity index (χ3n) is 7.77. The number of nitrogens with zero attached hydrogens (tertiary/aromatic N) is 2. The van der Waals surface area contributed by atoms with E-state index in [1.54, 1.807) is 0 Å². The lowest BCUT2D eigenvalue weighted by Crippen LogP contribution is -2.40. The maximum absolute atomic E-state index is 13.4. The molecule has 10 heteroatoms. The normalized spacial score (nSPS) is 18.2. The van der Waals surface area contributed by atoms with Gasteiger partial charge in [0.05, 0.1) is 29.2 Å². The van der Waals surface area contributed by atoms with E-state index in [0.29, 0.717) is 43.5 Å². The number of nitrogens with one attached hydrogen (secondary N) is 1. The summed E-state index contributed by atoms with van der Waals surface area (Å²) in [4.78, 5) is 31.1. The molecule has 3 aromatic rings. The van der Waals surface area contributed by atoms with Crippen LogP contribution in [0.3, 0.4) is 0 Å². The molecule has 1 aromatic heterocycles. The first-order chi connectivity index (χ1) is 19.0. The molecule has 1 N–H and O–H groups in total. The van der Waals surface area contributed by atoms with Crippen molar-refractivity contribution in [2.24, 2.45) is 11.3 Å². The fourth-order valence-electron chi connectivity index (χ4n) is 5.41. The van der Waals surface area contributed by atoms with Crippen molar-refractivity contribution in [1.29, 1.82) is 0 Å². The van der Waals surface area contributed by atoms with Gasteiger partial charge in [-0.25, -0.2) is 13.2 Å². The predicted octanol–water partition coefficient (Wildman–Crippen LogP) is 4.20. The molecule has 9 nitrogen and oxygen atoms in total. The minimum Gasteiger partial charge on any atom is -0.452 e. The van der Waals surface area contributed by atoms with Crippen LogP contribution in [0.4, 0.5) is 5.69 Å². The van der Waals surface area contributed by atoms with Crippen LogP contribution in [0.5, 0.6) is 0 Å². The van der Waals surface area contributed by atoms with Gasteiger partial charge >= 0.3 is 5.97 Å². The number of fused-ring (bicyclic) bond motifs is 2. The number of esters is 1. The minimum atomic E-state index is -3.63. The standard InChI is InChI=1S/C30H35N3O6S/c1-30(2,3)20-8-13-26-24(18-20)28(23-6-4-5-7-25(23)32-26)29(35)39-19-27(34)31-21-9-11-22(12-10-21)40(36,37)33-14-16-38-17-15-33/h4-7,9-12,20H,8,13-19H2,1-3H3,(H,31,34). The van der Waals surface area contributed by atoms with Crippen LogP contribution < -0.4 is 5.32 Å². The number of anilines is 1. The van der Waals surface area contributed by atoms with Crippen LogP contribution >= 0.6 is 0 Å². The summed E-state index contributed by atoms with van der Waals surface area (Å²) in [6.07, 6.45) is 2.53. The van der Waals surface area contributed by atoms with Crippen molar-refractivity contribution in [1.82, 2.24) is 9.29 Å². The van der Waals surface area contributed by atoms with Crippen LogP contribution in [0.25, 0.3) is 10.9 Å². The highest BCUT2D eigenvalue weighted by atomic mass is 32.2. The van der Waals surface area contributed by atoms with E-state index in [1.165, 1.54) is 28.6 Å². The highest BCUT2D eigenvalue weighted by Crippen LogP contribution is 2.39. The van der Waals surface area contributed by atoms with Gasteiger partial charge in [-0.1, -0.05) is 39.0 Å². The van der Waals surface area contributed by atoms with E-state index in [9.17, 15) is 18.0 Å². The first kappa shape index (κ1) is 28.2. The number of amides is 1. The van der Waals surface area contributed by atoms with Gasteiger partial charge in [0.25, 0.3) is 5.91 Å². The molecule has 0 bridgehead atoms. The van der Waals surface area contributed by atoms with Gasteiger partial charge in [-0.2, -0.15) is 4.31 Å². The first-order valence-electron chi connectivity index (χ1n) is 13.6. The molecule has 1 saturated heterocycles. The van der Waals surface area contributed by atoms with Gasteiger partial charge in [-0.15, -0.1) is 0 Å². The number of pyridine rings is 1. The summed E-state index contributed by atoms with van der Waals surface area (Å²) in [7, 11) is -3.63. The van der Waals surface area contributed by atoms with E-state index in [0.717, 1.165) is 41.4 Å². The van der Waals surface area contributed by atoms with Gasteiger partial charge in [-0.3, -0.25) is 9.78 Å². The Morgan fingerprint density at radius 3 is 2.48 bits per heavy atom. The lowest BCUT2D eigenvalue weighted by Gasteiger charge is -2.35. The van der Waals surface area contributed by atoms with E-state index < -0.39 is 28.5 Å². The molecule has 2 aromatic carbocycles. The van der Waals surface area contributed by atoms with Crippen molar-refractivity contribution >= 4 is 38.5 Å². The van der Waals surface area contributed by atoms with Gasteiger partial charge in [0, 0.05) is 29.9 Å². The second kappa shape index (κ2) is 11.3. The van der Waals surface area contributed by atoms with E-state index in [4.69, 9.17) is 14.5 Å². The molecule has 212 valence electrons. The zero-order valence-electron chi connectivity index (χ0n) is 23.1. The van der Waals surface area contributed by atoms with E-state index in [2.05, 4.69) is 26.1 Å². The maximum Gasteiger partial charge on any atom is 0.339 e. The van der Waals surface area contributed by atoms with Gasteiger partial charge in [0.1, 0.15) is 0 Å². The Labute approximate surface area is 234 Å². The summed E-state index contributed by atoms with van der Waals surface area (Å²) >= 11 is 0. The molecule has 0 spiro atoms. The fraction of sp³-hybridized carbons (Fsp3) is 0.433.